The summed E-state index contributed by atoms with van der Waals surface area (Å²) in [7, 11) is 0. The van der Waals surface area contributed by atoms with E-state index in [2.05, 4.69) is 0 Å². The first-order valence-corrected chi connectivity index (χ1v) is 4.16. The summed E-state index contributed by atoms with van der Waals surface area (Å²) in [6.45, 7) is 3.70. The smallest absolute Gasteiger partial charge is 0.165 e. The Labute approximate surface area is 67.3 Å². The van der Waals surface area contributed by atoms with Gasteiger partial charge in [-0.05, 0) is 19.8 Å². The molecule has 0 aromatic carbocycles. The third-order valence-electron chi connectivity index (χ3n) is 1.89. The summed E-state index contributed by atoms with van der Waals surface area (Å²) in [6, 6.07) is 0. The van der Waals surface area contributed by atoms with Crippen molar-refractivity contribution in [3.05, 3.63) is 0 Å². The third-order valence-corrected chi connectivity index (χ3v) is 1.89. The van der Waals surface area contributed by atoms with E-state index in [1.54, 1.807) is 0 Å². The maximum absolute atomic E-state index is 8.60. The predicted octanol–water partition coefficient (Wildman–Crippen LogP) is 0.912. The Morgan fingerprint density at radius 3 is 2.55 bits per heavy atom. The van der Waals surface area contributed by atoms with Crippen LogP contribution in [0.3, 0.4) is 0 Å². The standard InChI is InChI=1S/C8H16O3/c1-8(4-2-5-9)10-6-3-7-11-8/h9H,2-7H2,1H3. The third kappa shape index (κ3) is 2.77. The molecular weight excluding hydrogens is 144 g/mol. The molecule has 0 aromatic rings. The molecule has 11 heavy (non-hydrogen) atoms. The van der Waals surface area contributed by atoms with E-state index in [0.29, 0.717) is 0 Å². The zero-order valence-electron chi connectivity index (χ0n) is 7.01. The lowest BCUT2D eigenvalue weighted by atomic mass is 10.1. The summed E-state index contributed by atoms with van der Waals surface area (Å²) in [5.74, 6) is -0.430. The molecule has 1 saturated heterocycles. The highest BCUT2D eigenvalue weighted by Crippen LogP contribution is 2.22. The number of aliphatic hydroxyl groups is 1. The molecule has 0 bridgehead atoms. The average molecular weight is 160 g/mol. The highest BCUT2D eigenvalue weighted by molar-refractivity contribution is 4.66. The first-order chi connectivity index (χ1) is 5.27. The van der Waals surface area contributed by atoms with E-state index in [1.807, 2.05) is 6.92 Å². The zero-order valence-corrected chi connectivity index (χ0v) is 7.01. The summed E-state index contributed by atoms with van der Waals surface area (Å²) in [5.41, 5.74) is 0. The lowest BCUT2D eigenvalue weighted by molar-refractivity contribution is -0.259. The summed E-state index contributed by atoms with van der Waals surface area (Å²) in [6.07, 6.45) is 2.51. The Bertz CT molecular complexity index is 108. The molecule has 0 spiro atoms. The second-order valence-electron chi connectivity index (χ2n) is 3.01. The monoisotopic (exact) mass is 160 g/mol. The van der Waals surface area contributed by atoms with Crippen molar-refractivity contribution in [3.63, 3.8) is 0 Å². The Balaban J connectivity index is 2.25. The van der Waals surface area contributed by atoms with Crippen molar-refractivity contribution < 1.29 is 14.6 Å². The molecule has 1 aliphatic rings. The van der Waals surface area contributed by atoms with Gasteiger partial charge < -0.3 is 14.6 Å². The maximum Gasteiger partial charge on any atom is 0.165 e. The van der Waals surface area contributed by atoms with Crippen LogP contribution in [0, 0.1) is 0 Å². The number of rotatable bonds is 3. The van der Waals surface area contributed by atoms with Gasteiger partial charge in [0.1, 0.15) is 0 Å². The fourth-order valence-corrected chi connectivity index (χ4v) is 1.22. The largest absolute Gasteiger partial charge is 0.396 e. The molecule has 0 saturated carbocycles. The summed E-state index contributed by atoms with van der Waals surface area (Å²) in [5, 5.41) is 8.60. The van der Waals surface area contributed by atoms with E-state index in [0.717, 1.165) is 32.5 Å². The maximum atomic E-state index is 8.60. The van der Waals surface area contributed by atoms with Crippen LogP contribution in [-0.2, 0) is 9.47 Å². The first kappa shape index (κ1) is 8.97. The highest BCUT2D eigenvalue weighted by Gasteiger charge is 2.27. The van der Waals surface area contributed by atoms with Crippen LogP contribution in [0.25, 0.3) is 0 Å². The molecule has 0 aromatic heterocycles. The van der Waals surface area contributed by atoms with Gasteiger partial charge in [-0.15, -0.1) is 0 Å². The normalized spacial score (nSPS) is 23.5. The van der Waals surface area contributed by atoms with Crippen LogP contribution in [0.5, 0.6) is 0 Å². The number of hydrogen-bond donors (Lipinski definition) is 1. The van der Waals surface area contributed by atoms with E-state index in [-0.39, 0.29) is 6.61 Å². The van der Waals surface area contributed by atoms with E-state index in [9.17, 15) is 0 Å². The van der Waals surface area contributed by atoms with Gasteiger partial charge >= 0.3 is 0 Å². The van der Waals surface area contributed by atoms with Gasteiger partial charge in [0.15, 0.2) is 5.79 Å². The van der Waals surface area contributed by atoms with Crippen molar-refractivity contribution >= 4 is 0 Å². The van der Waals surface area contributed by atoms with Crippen LogP contribution < -0.4 is 0 Å². The van der Waals surface area contributed by atoms with E-state index < -0.39 is 5.79 Å². The van der Waals surface area contributed by atoms with Crippen LogP contribution in [0.15, 0.2) is 0 Å². The van der Waals surface area contributed by atoms with Crippen molar-refractivity contribution in [2.24, 2.45) is 0 Å². The fraction of sp³-hybridized carbons (Fsp3) is 1.00. The highest BCUT2D eigenvalue weighted by atomic mass is 16.7. The lowest BCUT2D eigenvalue weighted by Gasteiger charge is -2.33. The van der Waals surface area contributed by atoms with Crippen molar-refractivity contribution in [2.45, 2.75) is 32.0 Å². The molecule has 0 radical (unpaired) electrons. The molecule has 1 rings (SSSR count). The average Bonchev–Trinajstić information content (AvgIpc) is 2.03. The Hall–Kier alpha value is -0.120. The van der Waals surface area contributed by atoms with Crippen molar-refractivity contribution in [3.8, 4) is 0 Å². The second kappa shape index (κ2) is 4.04. The molecule has 1 N–H and O–H groups in total. The number of aliphatic hydroxyl groups excluding tert-OH is 1. The molecular formula is C8H16O3. The van der Waals surface area contributed by atoms with Gasteiger partial charge in [0, 0.05) is 13.0 Å². The van der Waals surface area contributed by atoms with E-state index >= 15 is 0 Å². The van der Waals surface area contributed by atoms with Crippen LogP contribution in [-0.4, -0.2) is 30.7 Å². The lowest BCUT2D eigenvalue weighted by Crippen LogP contribution is -2.37. The minimum absolute atomic E-state index is 0.211. The van der Waals surface area contributed by atoms with Gasteiger partial charge in [0.2, 0.25) is 0 Å². The van der Waals surface area contributed by atoms with Crippen molar-refractivity contribution in [2.75, 3.05) is 19.8 Å². The molecule has 0 unspecified atom stereocenters. The van der Waals surface area contributed by atoms with Gasteiger partial charge in [-0.3, -0.25) is 0 Å². The molecule has 0 atom stereocenters. The minimum atomic E-state index is -0.430. The SMILES string of the molecule is CC1(CCCO)OCCCO1. The Kier molecular flexibility index (Phi) is 3.30. The Morgan fingerprint density at radius 2 is 2.00 bits per heavy atom. The zero-order chi connectivity index (χ0) is 8.16. The van der Waals surface area contributed by atoms with Gasteiger partial charge in [-0.25, -0.2) is 0 Å². The molecule has 1 fully saturated rings. The molecule has 1 heterocycles. The van der Waals surface area contributed by atoms with Gasteiger partial charge in [0.05, 0.1) is 13.2 Å². The quantitative estimate of drug-likeness (QED) is 0.667. The van der Waals surface area contributed by atoms with Crippen molar-refractivity contribution in [1.82, 2.24) is 0 Å². The number of hydrogen-bond acceptors (Lipinski definition) is 3. The van der Waals surface area contributed by atoms with Gasteiger partial charge in [-0.2, -0.15) is 0 Å². The minimum Gasteiger partial charge on any atom is -0.396 e. The first-order valence-electron chi connectivity index (χ1n) is 4.16. The predicted molar refractivity (Wildman–Crippen MR) is 41.2 cm³/mol. The summed E-state index contributed by atoms with van der Waals surface area (Å²) in [4.78, 5) is 0. The molecule has 0 amide bonds. The molecule has 3 nitrogen and oxygen atoms in total. The van der Waals surface area contributed by atoms with Crippen molar-refractivity contribution in [1.29, 1.82) is 0 Å². The Morgan fingerprint density at radius 1 is 1.36 bits per heavy atom. The topological polar surface area (TPSA) is 38.7 Å². The summed E-state index contributed by atoms with van der Waals surface area (Å²) >= 11 is 0. The molecule has 1 aliphatic heterocycles. The van der Waals surface area contributed by atoms with E-state index in [1.165, 1.54) is 0 Å². The second-order valence-corrected chi connectivity index (χ2v) is 3.01. The van der Waals surface area contributed by atoms with Crippen LogP contribution in [0.4, 0.5) is 0 Å². The molecule has 0 aliphatic carbocycles. The molecule has 3 heteroatoms. The summed E-state index contributed by atoms with van der Waals surface area (Å²) < 4.78 is 10.9. The van der Waals surface area contributed by atoms with E-state index in [4.69, 9.17) is 14.6 Å². The molecule has 66 valence electrons. The van der Waals surface area contributed by atoms with Gasteiger partial charge in [0.25, 0.3) is 0 Å². The van der Waals surface area contributed by atoms with Crippen LogP contribution in [0.1, 0.15) is 26.2 Å². The van der Waals surface area contributed by atoms with Gasteiger partial charge in [-0.1, -0.05) is 0 Å². The fourth-order valence-electron chi connectivity index (χ4n) is 1.22. The van der Waals surface area contributed by atoms with Crippen LogP contribution >= 0.6 is 0 Å². The van der Waals surface area contributed by atoms with Crippen LogP contribution in [0.2, 0.25) is 0 Å². The number of ether oxygens (including phenoxy) is 2.